The first kappa shape index (κ1) is 14.0. The smallest absolute Gasteiger partial charge is 0.199 e. The largest absolute Gasteiger partial charge is 0.283 e. The molecule has 0 bridgehead atoms. The molecular weight excluding hydrogens is 326 g/mol. The summed E-state index contributed by atoms with van der Waals surface area (Å²) in [7, 11) is -3.68. The van der Waals surface area contributed by atoms with Gasteiger partial charge in [0, 0.05) is 10.7 Å². The van der Waals surface area contributed by atoms with Crippen molar-refractivity contribution in [3.05, 3.63) is 64.1 Å². The van der Waals surface area contributed by atoms with Crippen LogP contribution in [0.1, 0.15) is 11.1 Å². The van der Waals surface area contributed by atoms with Crippen LogP contribution in [0.3, 0.4) is 0 Å². The molecular formula is C14H12BrNO2S. The van der Waals surface area contributed by atoms with E-state index in [2.05, 4.69) is 20.3 Å². The molecule has 0 heterocycles. The lowest BCUT2D eigenvalue weighted by Crippen LogP contribution is -1.98. The van der Waals surface area contributed by atoms with Crippen molar-refractivity contribution in [2.45, 2.75) is 11.8 Å². The number of halogens is 1. The average molecular weight is 338 g/mol. The monoisotopic (exact) mass is 337 g/mol. The molecule has 0 saturated heterocycles. The van der Waals surface area contributed by atoms with Crippen molar-refractivity contribution in [2.24, 2.45) is 4.40 Å². The number of nitrogens with zero attached hydrogens (tertiary/aromatic N) is 1. The van der Waals surface area contributed by atoms with Gasteiger partial charge in [-0.1, -0.05) is 42.0 Å². The van der Waals surface area contributed by atoms with Crippen molar-refractivity contribution in [3.8, 4) is 0 Å². The van der Waals surface area contributed by atoms with Crippen molar-refractivity contribution in [1.29, 1.82) is 0 Å². The molecule has 19 heavy (non-hydrogen) atoms. The number of benzene rings is 2. The molecule has 98 valence electrons. The van der Waals surface area contributed by atoms with Crippen molar-refractivity contribution in [2.75, 3.05) is 0 Å². The maximum absolute atomic E-state index is 12.1. The minimum Gasteiger partial charge on any atom is -0.199 e. The summed E-state index contributed by atoms with van der Waals surface area (Å²) in [5.74, 6) is 0. The van der Waals surface area contributed by atoms with Gasteiger partial charge in [0.25, 0.3) is 10.0 Å². The van der Waals surface area contributed by atoms with Gasteiger partial charge in [-0.05, 0) is 40.5 Å². The van der Waals surface area contributed by atoms with E-state index in [0.29, 0.717) is 4.47 Å². The van der Waals surface area contributed by atoms with Crippen LogP contribution in [-0.2, 0) is 10.0 Å². The zero-order valence-corrected chi connectivity index (χ0v) is 12.6. The van der Waals surface area contributed by atoms with Crippen LogP contribution in [0.5, 0.6) is 0 Å². The summed E-state index contributed by atoms with van der Waals surface area (Å²) in [5, 5.41) is 0. The van der Waals surface area contributed by atoms with Gasteiger partial charge in [-0.15, -0.1) is 0 Å². The first-order chi connectivity index (χ1) is 8.99. The van der Waals surface area contributed by atoms with E-state index < -0.39 is 10.0 Å². The molecule has 0 aliphatic carbocycles. The Balaban J connectivity index is 2.32. The van der Waals surface area contributed by atoms with Crippen LogP contribution in [0.2, 0.25) is 0 Å². The normalized spacial score (nSPS) is 11.9. The SMILES string of the molecule is Cc1ccc(C=NS(=O)(=O)c2ccccc2Br)cc1. The zero-order valence-electron chi connectivity index (χ0n) is 10.2. The third kappa shape index (κ3) is 3.52. The van der Waals surface area contributed by atoms with Gasteiger partial charge in [0.1, 0.15) is 4.90 Å². The lowest BCUT2D eigenvalue weighted by atomic mass is 10.2. The summed E-state index contributed by atoms with van der Waals surface area (Å²) in [4.78, 5) is 0.165. The van der Waals surface area contributed by atoms with E-state index in [9.17, 15) is 8.42 Å². The maximum Gasteiger partial charge on any atom is 0.283 e. The highest BCUT2D eigenvalue weighted by atomic mass is 79.9. The van der Waals surface area contributed by atoms with E-state index in [1.807, 2.05) is 31.2 Å². The van der Waals surface area contributed by atoms with Crippen LogP contribution in [-0.4, -0.2) is 14.6 Å². The van der Waals surface area contributed by atoms with Gasteiger partial charge in [-0.2, -0.15) is 12.8 Å². The third-order valence-corrected chi connectivity index (χ3v) is 4.78. The summed E-state index contributed by atoms with van der Waals surface area (Å²) in [5.41, 5.74) is 1.87. The molecule has 2 aromatic rings. The predicted molar refractivity (Wildman–Crippen MR) is 80.1 cm³/mol. The van der Waals surface area contributed by atoms with Gasteiger partial charge < -0.3 is 0 Å². The lowest BCUT2D eigenvalue weighted by molar-refractivity contribution is 0.597. The fourth-order valence-electron chi connectivity index (χ4n) is 1.49. The molecule has 2 rings (SSSR count). The summed E-state index contributed by atoms with van der Waals surface area (Å²) < 4.78 is 28.3. The van der Waals surface area contributed by atoms with Crippen molar-refractivity contribution in [1.82, 2.24) is 0 Å². The second kappa shape index (κ2) is 5.67. The molecule has 0 unspecified atom stereocenters. The summed E-state index contributed by atoms with van der Waals surface area (Å²) in [6.07, 6.45) is 1.36. The van der Waals surface area contributed by atoms with Crippen LogP contribution in [0.25, 0.3) is 0 Å². The van der Waals surface area contributed by atoms with Gasteiger partial charge in [-0.25, -0.2) is 0 Å². The molecule has 0 radical (unpaired) electrons. The Labute approximate surface area is 121 Å². The van der Waals surface area contributed by atoms with Gasteiger partial charge in [-0.3, -0.25) is 0 Å². The highest BCUT2D eigenvalue weighted by molar-refractivity contribution is 9.10. The first-order valence-corrected chi connectivity index (χ1v) is 7.84. The van der Waals surface area contributed by atoms with E-state index in [0.717, 1.165) is 11.1 Å². The summed E-state index contributed by atoms with van der Waals surface area (Å²) >= 11 is 3.21. The highest BCUT2D eigenvalue weighted by Gasteiger charge is 2.14. The van der Waals surface area contributed by atoms with Crippen molar-refractivity contribution < 1.29 is 8.42 Å². The molecule has 0 atom stereocenters. The molecule has 0 spiro atoms. The Bertz CT molecular complexity index is 706. The van der Waals surface area contributed by atoms with Crippen LogP contribution in [0.4, 0.5) is 0 Å². The fraction of sp³-hybridized carbons (Fsp3) is 0.0714. The first-order valence-electron chi connectivity index (χ1n) is 5.60. The van der Waals surface area contributed by atoms with Gasteiger partial charge in [0.15, 0.2) is 0 Å². The Morgan fingerprint density at radius 1 is 1.05 bits per heavy atom. The fourth-order valence-corrected chi connectivity index (χ4v) is 3.33. The average Bonchev–Trinajstić information content (AvgIpc) is 2.38. The number of hydrogen-bond donors (Lipinski definition) is 0. The van der Waals surface area contributed by atoms with E-state index >= 15 is 0 Å². The van der Waals surface area contributed by atoms with Crippen LogP contribution < -0.4 is 0 Å². The summed E-state index contributed by atoms with van der Waals surface area (Å²) in [6.45, 7) is 1.97. The Kier molecular flexibility index (Phi) is 4.17. The van der Waals surface area contributed by atoms with Crippen LogP contribution >= 0.6 is 15.9 Å². The zero-order chi connectivity index (χ0) is 13.9. The maximum atomic E-state index is 12.1. The molecule has 2 aromatic carbocycles. The minimum atomic E-state index is -3.68. The Morgan fingerprint density at radius 3 is 2.32 bits per heavy atom. The molecule has 5 heteroatoms. The molecule has 0 saturated carbocycles. The van der Waals surface area contributed by atoms with Crippen LogP contribution in [0, 0.1) is 6.92 Å². The van der Waals surface area contributed by atoms with Crippen LogP contribution in [0.15, 0.2) is 62.3 Å². The molecule has 0 fully saturated rings. The van der Waals surface area contributed by atoms with Gasteiger partial charge >= 0.3 is 0 Å². The number of aryl methyl sites for hydroxylation is 1. The molecule has 0 amide bonds. The minimum absolute atomic E-state index is 0.165. The van der Waals surface area contributed by atoms with Gasteiger partial charge in [0.05, 0.1) is 0 Å². The molecule has 0 N–H and O–H groups in total. The lowest BCUT2D eigenvalue weighted by Gasteiger charge is -2.01. The Morgan fingerprint density at radius 2 is 1.68 bits per heavy atom. The van der Waals surface area contributed by atoms with E-state index in [4.69, 9.17) is 0 Å². The molecule has 0 aromatic heterocycles. The number of sulfonamides is 1. The Hall–Kier alpha value is -1.46. The molecule has 0 aliphatic heterocycles. The number of hydrogen-bond acceptors (Lipinski definition) is 2. The summed E-state index contributed by atoms with van der Waals surface area (Å²) in [6, 6.07) is 14.1. The van der Waals surface area contributed by atoms with Gasteiger partial charge in [0.2, 0.25) is 0 Å². The molecule has 0 aliphatic rings. The topological polar surface area (TPSA) is 46.5 Å². The second-order valence-electron chi connectivity index (χ2n) is 4.05. The standard InChI is InChI=1S/C14H12BrNO2S/c1-11-6-8-12(9-7-11)10-16-19(17,18)14-5-3-2-4-13(14)15/h2-10H,1H3. The molecule has 3 nitrogen and oxygen atoms in total. The predicted octanol–water partition coefficient (Wildman–Crippen LogP) is 3.57. The van der Waals surface area contributed by atoms with E-state index in [-0.39, 0.29) is 4.90 Å². The third-order valence-electron chi connectivity index (χ3n) is 2.53. The number of rotatable bonds is 3. The van der Waals surface area contributed by atoms with E-state index in [1.165, 1.54) is 12.3 Å². The highest BCUT2D eigenvalue weighted by Crippen LogP contribution is 2.22. The van der Waals surface area contributed by atoms with Crippen molar-refractivity contribution in [3.63, 3.8) is 0 Å². The second-order valence-corrected chi connectivity index (χ2v) is 6.51. The van der Waals surface area contributed by atoms with E-state index in [1.54, 1.807) is 18.2 Å². The van der Waals surface area contributed by atoms with Crippen molar-refractivity contribution >= 4 is 32.2 Å². The quantitative estimate of drug-likeness (QED) is 0.804.